The molecule has 1 aliphatic heterocycles. The van der Waals surface area contributed by atoms with Gasteiger partial charge in [-0.25, -0.2) is 0 Å². The summed E-state index contributed by atoms with van der Waals surface area (Å²) >= 11 is 0. The molecule has 2 heterocycles. The van der Waals surface area contributed by atoms with Crippen molar-refractivity contribution in [2.24, 2.45) is 0 Å². The molecule has 1 fully saturated rings. The Kier molecular flexibility index (Phi) is 6.42. The first-order valence-electron chi connectivity index (χ1n) is 10.5. The van der Waals surface area contributed by atoms with E-state index in [0.717, 1.165) is 38.9 Å². The summed E-state index contributed by atoms with van der Waals surface area (Å²) < 4.78 is 0. The van der Waals surface area contributed by atoms with Gasteiger partial charge in [-0.15, -0.1) is 0 Å². The summed E-state index contributed by atoms with van der Waals surface area (Å²) in [6, 6.07) is 19.4. The van der Waals surface area contributed by atoms with E-state index < -0.39 is 0 Å². The Morgan fingerprint density at radius 3 is 2.57 bits per heavy atom. The minimum Gasteiger partial charge on any atom is -0.394 e. The van der Waals surface area contributed by atoms with Gasteiger partial charge in [0.2, 0.25) is 0 Å². The third kappa shape index (κ3) is 4.64. The number of nitrogens with one attached hydrogen (secondary N) is 2. The second-order valence-electron chi connectivity index (χ2n) is 7.89. The highest BCUT2D eigenvalue weighted by molar-refractivity contribution is 5.82. The van der Waals surface area contributed by atoms with Gasteiger partial charge in [-0.1, -0.05) is 48.5 Å². The zero-order valence-corrected chi connectivity index (χ0v) is 16.5. The molecule has 4 nitrogen and oxygen atoms in total. The Morgan fingerprint density at radius 1 is 1.04 bits per heavy atom. The molecule has 0 aliphatic carbocycles. The van der Waals surface area contributed by atoms with Crippen LogP contribution in [-0.2, 0) is 6.42 Å². The second-order valence-corrected chi connectivity index (χ2v) is 7.89. The number of hydrogen-bond acceptors (Lipinski definition) is 3. The highest BCUT2D eigenvalue weighted by Gasteiger charge is 2.22. The number of hydrogen-bond donors (Lipinski definition) is 3. The number of piperidine rings is 1. The van der Waals surface area contributed by atoms with Crippen LogP contribution >= 0.6 is 0 Å². The molecule has 148 valence electrons. The fourth-order valence-electron chi connectivity index (χ4n) is 4.38. The Morgan fingerprint density at radius 2 is 1.79 bits per heavy atom. The largest absolute Gasteiger partial charge is 0.394 e. The van der Waals surface area contributed by atoms with Crippen molar-refractivity contribution in [1.29, 1.82) is 0 Å². The number of para-hydroxylation sites is 1. The van der Waals surface area contributed by atoms with Crippen molar-refractivity contribution in [2.45, 2.75) is 37.8 Å². The molecular formula is C24H31N3O. The maximum absolute atomic E-state index is 9.77. The number of aliphatic hydroxyl groups is 1. The molecular weight excluding hydrogens is 346 g/mol. The summed E-state index contributed by atoms with van der Waals surface area (Å²) in [5, 5.41) is 14.8. The molecule has 1 saturated heterocycles. The van der Waals surface area contributed by atoms with Crippen molar-refractivity contribution in [3.05, 3.63) is 71.9 Å². The zero-order valence-electron chi connectivity index (χ0n) is 16.5. The molecule has 0 saturated carbocycles. The number of H-pyrrole nitrogens is 1. The van der Waals surface area contributed by atoms with Gasteiger partial charge in [0, 0.05) is 23.1 Å². The van der Waals surface area contributed by atoms with Crippen LogP contribution in [0.3, 0.4) is 0 Å². The fraction of sp³-hybridized carbons (Fsp3) is 0.417. The van der Waals surface area contributed by atoms with E-state index in [1.807, 2.05) is 18.2 Å². The molecule has 1 aromatic heterocycles. The van der Waals surface area contributed by atoms with E-state index >= 15 is 0 Å². The molecule has 4 heteroatoms. The predicted molar refractivity (Wildman–Crippen MR) is 115 cm³/mol. The number of benzene rings is 2. The summed E-state index contributed by atoms with van der Waals surface area (Å²) in [6.45, 7) is 3.58. The van der Waals surface area contributed by atoms with Crippen molar-refractivity contribution in [3.63, 3.8) is 0 Å². The van der Waals surface area contributed by atoms with Gasteiger partial charge in [0.25, 0.3) is 0 Å². The third-order valence-corrected chi connectivity index (χ3v) is 6.00. The summed E-state index contributed by atoms with van der Waals surface area (Å²) in [5.41, 5.74) is 3.84. The van der Waals surface area contributed by atoms with Crippen LogP contribution in [-0.4, -0.2) is 47.3 Å². The van der Waals surface area contributed by atoms with E-state index in [4.69, 9.17) is 0 Å². The molecule has 4 rings (SSSR count). The van der Waals surface area contributed by atoms with Gasteiger partial charge in [-0.3, -0.25) is 0 Å². The van der Waals surface area contributed by atoms with Crippen LogP contribution in [0, 0.1) is 0 Å². The molecule has 3 N–H and O–H groups in total. The van der Waals surface area contributed by atoms with Crippen molar-refractivity contribution in [3.8, 4) is 0 Å². The zero-order chi connectivity index (χ0) is 19.2. The van der Waals surface area contributed by atoms with Gasteiger partial charge >= 0.3 is 0 Å². The van der Waals surface area contributed by atoms with E-state index in [1.54, 1.807) is 0 Å². The number of aliphatic hydroxyl groups excluding tert-OH is 1. The first kappa shape index (κ1) is 19.2. The molecule has 28 heavy (non-hydrogen) atoms. The number of aromatic nitrogens is 1. The fourth-order valence-corrected chi connectivity index (χ4v) is 4.38. The molecule has 3 aromatic rings. The lowest BCUT2D eigenvalue weighted by Gasteiger charge is -2.34. The van der Waals surface area contributed by atoms with E-state index in [9.17, 15) is 5.11 Å². The van der Waals surface area contributed by atoms with Gasteiger partial charge < -0.3 is 20.3 Å². The summed E-state index contributed by atoms with van der Waals surface area (Å²) in [5.74, 6) is 0. The Labute approximate surface area is 167 Å². The molecule has 1 aliphatic rings. The Hall–Kier alpha value is -2.14. The van der Waals surface area contributed by atoms with Gasteiger partial charge in [-0.05, 0) is 62.5 Å². The molecule has 0 spiro atoms. The molecule has 0 unspecified atom stereocenters. The number of nitrogens with zero attached hydrogens (tertiary/aromatic N) is 1. The van der Waals surface area contributed by atoms with Gasteiger partial charge in [0.05, 0.1) is 12.6 Å². The lowest BCUT2D eigenvalue weighted by Crippen LogP contribution is -2.44. The van der Waals surface area contributed by atoms with Gasteiger partial charge in [0.15, 0.2) is 0 Å². The lowest BCUT2D eigenvalue weighted by atomic mass is 10.0. The quantitative estimate of drug-likeness (QED) is 0.558. The van der Waals surface area contributed by atoms with E-state index in [2.05, 4.69) is 57.8 Å². The highest BCUT2D eigenvalue weighted by atomic mass is 16.3. The number of likely N-dealkylation sites (tertiary alicyclic amines) is 1. The van der Waals surface area contributed by atoms with Crippen LogP contribution in [0.25, 0.3) is 10.9 Å². The molecule has 2 aromatic carbocycles. The SMILES string of the molecule is OC[C@H](NC1CCN(CCCc2c[nH]c3ccccc23)CC1)c1ccccc1. The van der Waals surface area contributed by atoms with E-state index in [1.165, 1.54) is 28.5 Å². The van der Waals surface area contributed by atoms with Crippen molar-refractivity contribution in [1.82, 2.24) is 15.2 Å². The Bertz CT molecular complexity index is 852. The first-order valence-corrected chi connectivity index (χ1v) is 10.5. The van der Waals surface area contributed by atoms with Crippen LogP contribution in [0.4, 0.5) is 0 Å². The summed E-state index contributed by atoms with van der Waals surface area (Å²) in [7, 11) is 0. The van der Waals surface area contributed by atoms with Crippen molar-refractivity contribution < 1.29 is 5.11 Å². The van der Waals surface area contributed by atoms with E-state index in [0.29, 0.717) is 6.04 Å². The minimum absolute atomic E-state index is 0.0413. The Balaban J connectivity index is 1.21. The average molecular weight is 378 g/mol. The van der Waals surface area contributed by atoms with Crippen LogP contribution in [0.2, 0.25) is 0 Å². The van der Waals surface area contributed by atoms with Crippen molar-refractivity contribution >= 4 is 10.9 Å². The standard InChI is InChI=1S/C24H31N3O/c28-18-24(19-7-2-1-3-8-19)26-21-12-15-27(16-13-21)14-6-9-20-17-25-23-11-5-4-10-22(20)23/h1-5,7-8,10-11,17,21,24-26,28H,6,9,12-16,18H2/t24-/m0/s1. The topological polar surface area (TPSA) is 51.3 Å². The van der Waals surface area contributed by atoms with E-state index in [-0.39, 0.29) is 12.6 Å². The van der Waals surface area contributed by atoms with Gasteiger partial charge in [-0.2, -0.15) is 0 Å². The maximum Gasteiger partial charge on any atom is 0.0626 e. The molecule has 0 amide bonds. The van der Waals surface area contributed by atoms with Crippen molar-refractivity contribution in [2.75, 3.05) is 26.2 Å². The average Bonchev–Trinajstić information content (AvgIpc) is 3.17. The predicted octanol–water partition coefficient (Wildman–Crippen LogP) is 3.89. The lowest BCUT2D eigenvalue weighted by molar-refractivity contribution is 0.171. The third-order valence-electron chi connectivity index (χ3n) is 6.00. The molecule has 1 atom stereocenters. The monoisotopic (exact) mass is 377 g/mol. The number of rotatable bonds is 8. The number of aryl methyl sites for hydroxylation is 1. The van der Waals surface area contributed by atoms with Crippen LogP contribution in [0.15, 0.2) is 60.8 Å². The van der Waals surface area contributed by atoms with Crippen LogP contribution in [0.1, 0.15) is 36.4 Å². The summed E-state index contributed by atoms with van der Waals surface area (Å²) in [6.07, 6.45) is 6.79. The summed E-state index contributed by atoms with van der Waals surface area (Å²) in [4.78, 5) is 5.96. The van der Waals surface area contributed by atoms with Gasteiger partial charge in [0.1, 0.15) is 0 Å². The smallest absolute Gasteiger partial charge is 0.0626 e. The number of aromatic amines is 1. The second kappa shape index (κ2) is 9.37. The highest BCUT2D eigenvalue weighted by Crippen LogP contribution is 2.20. The van der Waals surface area contributed by atoms with Crippen LogP contribution < -0.4 is 5.32 Å². The maximum atomic E-state index is 9.77. The molecule has 0 radical (unpaired) electrons. The normalized spacial score (nSPS) is 17.2. The number of fused-ring (bicyclic) bond motifs is 1. The minimum atomic E-state index is 0.0413. The first-order chi connectivity index (χ1) is 13.8. The molecule has 0 bridgehead atoms. The van der Waals surface area contributed by atoms with Crippen LogP contribution in [0.5, 0.6) is 0 Å².